The summed E-state index contributed by atoms with van der Waals surface area (Å²) in [6.07, 6.45) is 2.28. The lowest BCUT2D eigenvalue weighted by Crippen LogP contribution is -2.12. The van der Waals surface area contributed by atoms with Gasteiger partial charge in [0.05, 0.1) is 6.04 Å². The van der Waals surface area contributed by atoms with E-state index in [-0.39, 0.29) is 6.04 Å². The van der Waals surface area contributed by atoms with E-state index < -0.39 is 0 Å². The number of oxazole rings is 1. The van der Waals surface area contributed by atoms with Crippen molar-refractivity contribution in [2.75, 3.05) is 6.54 Å². The van der Waals surface area contributed by atoms with Crippen molar-refractivity contribution in [2.45, 2.75) is 18.9 Å². The number of aromatic nitrogens is 1. The first-order valence-corrected chi connectivity index (χ1v) is 5.50. The van der Waals surface area contributed by atoms with Crippen LogP contribution in [0.2, 0.25) is 5.02 Å². The number of nitrogens with one attached hydrogen (secondary N) is 1. The fraction of sp³-hybridized carbons (Fsp3) is 0.364. The van der Waals surface area contributed by atoms with Crippen molar-refractivity contribution in [3.8, 4) is 0 Å². The Morgan fingerprint density at radius 2 is 2.40 bits per heavy atom. The van der Waals surface area contributed by atoms with E-state index >= 15 is 0 Å². The number of fused-ring (bicyclic) bond motifs is 1. The molecule has 0 radical (unpaired) electrons. The summed E-state index contributed by atoms with van der Waals surface area (Å²) in [5.74, 6) is 0.782. The van der Waals surface area contributed by atoms with Gasteiger partial charge in [-0.25, -0.2) is 4.98 Å². The van der Waals surface area contributed by atoms with Crippen LogP contribution in [-0.2, 0) is 0 Å². The van der Waals surface area contributed by atoms with Crippen LogP contribution in [0.4, 0.5) is 0 Å². The van der Waals surface area contributed by atoms with Gasteiger partial charge in [-0.3, -0.25) is 0 Å². The predicted molar refractivity (Wildman–Crippen MR) is 59.0 cm³/mol. The molecule has 3 rings (SSSR count). The lowest BCUT2D eigenvalue weighted by molar-refractivity contribution is 0.452. The van der Waals surface area contributed by atoms with Gasteiger partial charge in [0.25, 0.3) is 0 Å². The van der Waals surface area contributed by atoms with Gasteiger partial charge in [0.2, 0.25) is 5.89 Å². The second kappa shape index (κ2) is 3.51. The van der Waals surface area contributed by atoms with Gasteiger partial charge in [-0.2, -0.15) is 0 Å². The fourth-order valence-electron chi connectivity index (χ4n) is 1.96. The van der Waals surface area contributed by atoms with Crippen molar-refractivity contribution in [1.82, 2.24) is 10.3 Å². The van der Waals surface area contributed by atoms with E-state index in [9.17, 15) is 0 Å². The number of hydrogen-bond donors (Lipinski definition) is 1. The van der Waals surface area contributed by atoms with Crippen molar-refractivity contribution in [3.05, 3.63) is 29.1 Å². The van der Waals surface area contributed by atoms with Crippen LogP contribution < -0.4 is 5.32 Å². The molecule has 0 bridgehead atoms. The van der Waals surface area contributed by atoms with Crippen LogP contribution >= 0.6 is 11.6 Å². The summed E-state index contributed by atoms with van der Waals surface area (Å²) in [6, 6.07) is 5.80. The van der Waals surface area contributed by atoms with Crippen LogP contribution in [0.25, 0.3) is 11.1 Å². The van der Waals surface area contributed by atoms with Crippen molar-refractivity contribution >= 4 is 22.7 Å². The summed E-state index contributed by atoms with van der Waals surface area (Å²) in [7, 11) is 0. The summed E-state index contributed by atoms with van der Waals surface area (Å²) >= 11 is 5.88. The Hall–Kier alpha value is -1.06. The van der Waals surface area contributed by atoms with Crippen molar-refractivity contribution in [1.29, 1.82) is 0 Å². The molecule has 1 unspecified atom stereocenters. The highest BCUT2D eigenvalue weighted by molar-refractivity contribution is 6.31. The summed E-state index contributed by atoms with van der Waals surface area (Å²) in [6.45, 7) is 1.05. The number of halogens is 1. The second-order valence-corrected chi connectivity index (χ2v) is 4.25. The second-order valence-electron chi connectivity index (χ2n) is 3.81. The molecule has 1 aliphatic rings. The normalized spacial score (nSPS) is 21.3. The minimum atomic E-state index is 0.274. The maximum atomic E-state index is 5.88. The lowest BCUT2D eigenvalue weighted by atomic mass is 10.2. The van der Waals surface area contributed by atoms with E-state index in [1.165, 1.54) is 6.42 Å². The van der Waals surface area contributed by atoms with E-state index in [1.807, 2.05) is 18.2 Å². The summed E-state index contributed by atoms with van der Waals surface area (Å²) < 4.78 is 5.67. The molecule has 2 aromatic rings. The molecule has 1 atom stereocenters. The minimum Gasteiger partial charge on any atom is -0.439 e. The van der Waals surface area contributed by atoms with E-state index in [4.69, 9.17) is 16.0 Å². The lowest BCUT2D eigenvalue weighted by Gasteiger charge is -2.02. The molecule has 1 aliphatic heterocycles. The van der Waals surface area contributed by atoms with Crippen LogP contribution in [0, 0.1) is 0 Å². The molecule has 1 aromatic heterocycles. The van der Waals surface area contributed by atoms with Crippen LogP contribution in [0.3, 0.4) is 0 Å². The molecule has 0 saturated carbocycles. The number of benzene rings is 1. The molecule has 15 heavy (non-hydrogen) atoms. The van der Waals surface area contributed by atoms with E-state index in [0.717, 1.165) is 30.0 Å². The molecule has 78 valence electrons. The van der Waals surface area contributed by atoms with Crippen molar-refractivity contribution in [2.24, 2.45) is 0 Å². The third-order valence-corrected chi connectivity index (χ3v) is 2.96. The quantitative estimate of drug-likeness (QED) is 0.806. The standard InChI is InChI=1S/C11H11ClN2O/c12-7-3-4-8-10(6-7)15-11(14-8)9-2-1-5-13-9/h3-4,6,9,13H,1-2,5H2. The van der Waals surface area contributed by atoms with E-state index in [2.05, 4.69) is 10.3 Å². The largest absolute Gasteiger partial charge is 0.439 e. The SMILES string of the molecule is Clc1ccc2nc(C3CCCN3)oc2c1. The monoisotopic (exact) mass is 222 g/mol. The van der Waals surface area contributed by atoms with Crippen LogP contribution in [0.5, 0.6) is 0 Å². The predicted octanol–water partition coefficient (Wildman–Crippen LogP) is 2.91. The first-order valence-electron chi connectivity index (χ1n) is 5.12. The summed E-state index contributed by atoms with van der Waals surface area (Å²) in [5.41, 5.74) is 1.65. The number of hydrogen-bond acceptors (Lipinski definition) is 3. The van der Waals surface area contributed by atoms with Crippen molar-refractivity contribution in [3.63, 3.8) is 0 Å². The Morgan fingerprint density at radius 1 is 1.47 bits per heavy atom. The molecule has 0 spiro atoms. The highest BCUT2D eigenvalue weighted by atomic mass is 35.5. The average Bonchev–Trinajstić information content (AvgIpc) is 2.84. The molecular formula is C11H11ClN2O. The molecule has 1 aromatic carbocycles. The van der Waals surface area contributed by atoms with Gasteiger partial charge < -0.3 is 9.73 Å². The Labute approximate surface area is 92.4 Å². The molecule has 1 N–H and O–H groups in total. The van der Waals surface area contributed by atoms with Gasteiger partial charge in [0, 0.05) is 11.1 Å². The Kier molecular flexibility index (Phi) is 2.15. The molecule has 4 heteroatoms. The molecule has 3 nitrogen and oxygen atoms in total. The van der Waals surface area contributed by atoms with Crippen LogP contribution in [0.1, 0.15) is 24.8 Å². The fourth-order valence-corrected chi connectivity index (χ4v) is 2.12. The Bertz CT molecular complexity index is 488. The third-order valence-electron chi connectivity index (χ3n) is 2.73. The van der Waals surface area contributed by atoms with Gasteiger partial charge in [0.15, 0.2) is 5.58 Å². The van der Waals surface area contributed by atoms with Crippen LogP contribution in [0.15, 0.2) is 22.6 Å². The molecule has 2 heterocycles. The smallest absolute Gasteiger partial charge is 0.212 e. The van der Waals surface area contributed by atoms with Gasteiger partial charge in [-0.1, -0.05) is 11.6 Å². The first kappa shape index (κ1) is 9.19. The molecule has 1 fully saturated rings. The average molecular weight is 223 g/mol. The Balaban J connectivity index is 2.05. The van der Waals surface area contributed by atoms with Gasteiger partial charge in [-0.05, 0) is 31.5 Å². The highest BCUT2D eigenvalue weighted by Gasteiger charge is 2.21. The topological polar surface area (TPSA) is 38.1 Å². The number of rotatable bonds is 1. The summed E-state index contributed by atoms with van der Waals surface area (Å²) in [5, 5.41) is 4.04. The molecule has 1 saturated heterocycles. The van der Waals surface area contributed by atoms with E-state index in [0.29, 0.717) is 5.02 Å². The van der Waals surface area contributed by atoms with Crippen molar-refractivity contribution < 1.29 is 4.42 Å². The third kappa shape index (κ3) is 1.62. The zero-order valence-electron chi connectivity index (χ0n) is 8.16. The number of nitrogens with zero attached hydrogens (tertiary/aromatic N) is 1. The zero-order valence-corrected chi connectivity index (χ0v) is 8.92. The minimum absolute atomic E-state index is 0.274. The molecular weight excluding hydrogens is 212 g/mol. The van der Waals surface area contributed by atoms with Gasteiger partial charge >= 0.3 is 0 Å². The maximum Gasteiger partial charge on any atom is 0.212 e. The highest BCUT2D eigenvalue weighted by Crippen LogP contribution is 2.27. The first-order chi connectivity index (χ1) is 7.33. The molecule has 0 aliphatic carbocycles. The van der Waals surface area contributed by atoms with E-state index in [1.54, 1.807) is 0 Å². The Morgan fingerprint density at radius 3 is 3.20 bits per heavy atom. The zero-order chi connectivity index (χ0) is 10.3. The summed E-state index contributed by atoms with van der Waals surface area (Å²) in [4.78, 5) is 4.45. The van der Waals surface area contributed by atoms with Gasteiger partial charge in [-0.15, -0.1) is 0 Å². The van der Waals surface area contributed by atoms with Crippen LogP contribution in [-0.4, -0.2) is 11.5 Å². The maximum absolute atomic E-state index is 5.88. The molecule has 0 amide bonds. The van der Waals surface area contributed by atoms with Gasteiger partial charge in [0.1, 0.15) is 5.52 Å².